The van der Waals surface area contributed by atoms with Gasteiger partial charge in [0.2, 0.25) is 5.78 Å². The van der Waals surface area contributed by atoms with Crippen LogP contribution in [-0.2, 0) is 0 Å². The second kappa shape index (κ2) is 6.14. The van der Waals surface area contributed by atoms with Crippen LogP contribution in [0, 0.1) is 11.3 Å². The van der Waals surface area contributed by atoms with E-state index in [1.807, 2.05) is 23.6 Å². The van der Waals surface area contributed by atoms with Crippen LogP contribution in [0.5, 0.6) is 0 Å². The van der Waals surface area contributed by atoms with Gasteiger partial charge in [0.15, 0.2) is 11.7 Å². The summed E-state index contributed by atoms with van der Waals surface area (Å²) in [6.07, 6.45) is 1.41. The highest BCUT2D eigenvalue weighted by atomic mass is 35.5. The molecule has 2 aromatic heterocycles. The standard InChI is InChI=1S/C16H9ClN2O2S/c17-11-5-3-10(4-6-11)13-9-22-16(19-13)12(8-18)15(20)14-2-1-7-21-14/h1-7,9,12H/t12-/m0/s1. The summed E-state index contributed by atoms with van der Waals surface area (Å²) in [7, 11) is 0. The van der Waals surface area contributed by atoms with Crippen molar-refractivity contribution in [1.29, 1.82) is 5.26 Å². The number of halogens is 1. The summed E-state index contributed by atoms with van der Waals surface area (Å²) < 4.78 is 5.07. The minimum Gasteiger partial charge on any atom is -0.461 e. The second-order valence-corrected chi connectivity index (χ2v) is 5.81. The molecule has 6 heteroatoms. The normalized spacial score (nSPS) is 11.8. The molecule has 0 radical (unpaired) electrons. The Balaban J connectivity index is 1.90. The number of nitrogens with zero attached hydrogens (tertiary/aromatic N) is 2. The van der Waals surface area contributed by atoms with E-state index in [2.05, 4.69) is 4.98 Å². The van der Waals surface area contributed by atoms with E-state index in [1.165, 1.54) is 17.6 Å². The minimum atomic E-state index is -0.961. The maximum absolute atomic E-state index is 12.3. The van der Waals surface area contributed by atoms with Crippen molar-refractivity contribution < 1.29 is 9.21 Å². The minimum absolute atomic E-state index is 0.162. The first-order chi connectivity index (χ1) is 10.7. The molecule has 0 spiro atoms. The molecule has 0 N–H and O–H groups in total. The van der Waals surface area contributed by atoms with Gasteiger partial charge in [0.05, 0.1) is 18.0 Å². The van der Waals surface area contributed by atoms with E-state index in [9.17, 15) is 10.1 Å². The first kappa shape index (κ1) is 14.5. The Hall–Kier alpha value is -2.42. The van der Waals surface area contributed by atoms with Gasteiger partial charge in [0, 0.05) is 16.0 Å². The zero-order chi connectivity index (χ0) is 15.5. The highest BCUT2D eigenvalue weighted by Gasteiger charge is 2.27. The van der Waals surface area contributed by atoms with Crippen molar-refractivity contribution in [2.45, 2.75) is 5.92 Å². The summed E-state index contributed by atoms with van der Waals surface area (Å²) >= 11 is 7.14. The number of carbonyl (C=O) groups excluding carboxylic acids is 1. The highest BCUT2D eigenvalue weighted by molar-refractivity contribution is 7.10. The van der Waals surface area contributed by atoms with Crippen molar-refractivity contribution in [2.24, 2.45) is 0 Å². The molecule has 0 unspecified atom stereocenters. The van der Waals surface area contributed by atoms with E-state index < -0.39 is 5.92 Å². The fourth-order valence-corrected chi connectivity index (χ4v) is 2.95. The van der Waals surface area contributed by atoms with Crippen LogP contribution in [0.4, 0.5) is 0 Å². The first-order valence-corrected chi connectivity index (χ1v) is 7.63. The van der Waals surface area contributed by atoms with Crippen LogP contribution in [0.3, 0.4) is 0 Å². The Bertz CT molecular complexity index is 832. The topological polar surface area (TPSA) is 66.9 Å². The van der Waals surface area contributed by atoms with Crippen molar-refractivity contribution in [2.75, 3.05) is 0 Å². The molecule has 0 saturated heterocycles. The van der Waals surface area contributed by atoms with E-state index in [0.29, 0.717) is 15.7 Å². The van der Waals surface area contributed by atoms with Gasteiger partial charge in [-0.2, -0.15) is 5.26 Å². The smallest absolute Gasteiger partial charge is 0.222 e. The van der Waals surface area contributed by atoms with E-state index >= 15 is 0 Å². The van der Waals surface area contributed by atoms with Gasteiger partial charge >= 0.3 is 0 Å². The number of thiazole rings is 1. The molecule has 0 aliphatic heterocycles. The summed E-state index contributed by atoms with van der Waals surface area (Å²) in [5.74, 6) is -1.18. The fraction of sp³-hybridized carbons (Fsp3) is 0.0625. The Kier molecular flexibility index (Phi) is 4.05. The number of hydrogen-bond acceptors (Lipinski definition) is 5. The van der Waals surface area contributed by atoms with E-state index in [-0.39, 0.29) is 11.5 Å². The lowest BCUT2D eigenvalue weighted by molar-refractivity contribution is 0.0952. The Labute approximate surface area is 135 Å². The molecule has 0 bridgehead atoms. The first-order valence-electron chi connectivity index (χ1n) is 6.37. The molecule has 3 aromatic rings. The predicted octanol–water partition coefficient (Wildman–Crippen LogP) is 4.55. The van der Waals surface area contributed by atoms with Gasteiger partial charge in [0.25, 0.3) is 0 Å². The molecule has 0 saturated carbocycles. The summed E-state index contributed by atoms with van der Waals surface area (Å²) in [6, 6.07) is 12.4. The third-order valence-electron chi connectivity index (χ3n) is 3.06. The SMILES string of the molecule is N#C[C@@H](C(=O)c1ccco1)c1nc(-c2ccc(Cl)cc2)cs1. The van der Waals surface area contributed by atoms with Gasteiger partial charge in [-0.25, -0.2) is 4.98 Å². The lowest BCUT2D eigenvalue weighted by atomic mass is 10.0. The van der Waals surface area contributed by atoms with Gasteiger partial charge in [-0.3, -0.25) is 4.79 Å². The largest absolute Gasteiger partial charge is 0.461 e. The molecule has 0 aliphatic rings. The lowest BCUT2D eigenvalue weighted by Crippen LogP contribution is -2.10. The summed E-state index contributed by atoms with van der Waals surface area (Å²) in [6.45, 7) is 0. The Morgan fingerprint density at radius 1 is 1.32 bits per heavy atom. The molecule has 108 valence electrons. The maximum Gasteiger partial charge on any atom is 0.222 e. The van der Waals surface area contributed by atoms with Gasteiger partial charge in [0.1, 0.15) is 5.01 Å². The van der Waals surface area contributed by atoms with Gasteiger partial charge < -0.3 is 4.42 Å². The predicted molar refractivity (Wildman–Crippen MR) is 84.0 cm³/mol. The molecule has 2 heterocycles. The van der Waals surface area contributed by atoms with Gasteiger partial charge in [-0.15, -0.1) is 11.3 Å². The number of rotatable bonds is 4. The quantitative estimate of drug-likeness (QED) is 0.659. The number of benzene rings is 1. The lowest BCUT2D eigenvalue weighted by Gasteiger charge is -2.02. The van der Waals surface area contributed by atoms with Crippen LogP contribution in [0.25, 0.3) is 11.3 Å². The van der Waals surface area contributed by atoms with Crippen LogP contribution in [0.1, 0.15) is 21.5 Å². The molecular weight excluding hydrogens is 320 g/mol. The third-order valence-corrected chi connectivity index (χ3v) is 4.23. The fourth-order valence-electron chi connectivity index (χ4n) is 1.96. The molecule has 4 nitrogen and oxygen atoms in total. The van der Waals surface area contributed by atoms with Crippen LogP contribution in [0.15, 0.2) is 52.5 Å². The van der Waals surface area contributed by atoms with Crippen LogP contribution < -0.4 is 0 Å². The number of ketones is 1. The van der Waals surface area contributed by atoms with Crippen LogP contribution >= 0.6 is 22.9 Å². The van der Waals surface area contributed by atoms with E-state index in [4.69, 9.17) is 16.0 Å². The number of hydrogen-bond donors (Lipinski definition) is 0. The van der Waals surface area contributed by atoms with Crippen molar-refractivity contribution in [3.8, 4) is 17.3 Å². The van der Waals surface area contributed by atoms with Crippen LogP contribution in [0.2, 0.25) is 5.02 Å². The molecule has 3 rings (SSSR count). The summed E-state index contributed by atoms with van der Waals surface area (Å²) in [5, 5.41) is 12.2. The third kappa shape index (κ3) is 2.80. The highest BCUT2D eigenvalue weighted by Crippen LogP contribution is 2.29. The molecule has 1 atom stereocenters. The van der Waals surface area contributed by atoms with Crippen molar-refractivity contribution in [1.82, 2.24) is 4.98 Å². The number of furan rings is 1. The van der Waals surface area contributed by atoms with Crippen molar-refractivity contribution in [3.63, 3.8) is 0 Å². The molecule has 0 aliphatic carbocycles. The average Bonchev–Trinajstić information content (AvgIpc) is 3.20. The Morgan fingerprint density at radius 2 is 2.09 bits per heavy atom. The van der Waals surface area contributed by atoms with E-state index in [0.717, 1.165) is 5.56 Å². The summed E-state index contributed by atoms with van der Waals surface area (Å²) in [4.78, 5) is 16.7. The molecule has 0 amide bonds. The van der Waals surface area contributed by atoms with Crippen LogP contribution in [-0.4, -0.2) is 10.8 Å². The maximum atomic E-state index is 12.3. The number of Topliss-reactive ketones (excluding diaryl/α,β-unsaturated/α-hetero) is 1. The molecular formula is C16H9ClN2O2S. The number of aromatic nitrogens is 1. The van der Waals surface area contributed by atoms with E-state index in [1.54, 1.807) is 24.3 Å². The van der Waals surface area contributed by atoms with Crippen molar-refractivity contribution >= 4 is 28.7 Å². The molecule has 1 aromatic carbocycles. The monoisotopic (exact) mass is 328 g/mol. The Morgan fingerprint density at radius 3 is 2.73 bits per heavy atom. The van der Waals surface area contributed by atoms with Gasteiger partial charge in [-0.05, 0) is 24.3 Å². The molecule has 0 fully saturated rings. The second-order valence-electron chi connectivity index (χ2n) is 4.48. The van der Waals surface area contributed by atoms with Crippen molar-refractivity contribution in [3.05, 3.63) is 63.8 Å². The number of nitriles is 1. The zero-order valence-electron chi connectivity index (χ0n) is 11.2. The summed E-state index contributed by atoms with van der Waals surface area (Å²) in [5.41, 5.74) is 1.60. The average molecular weight is 329 g/mol. The zero-order valence-corrected chi connectivity index (χ0v) is 12.8. The number of carbonyl (C=O) groups is 1. The molecule has 22 heavy (non-hydrogen) atoms. The van der Waals surface area contributed by atoms with Gasteiger partial charge in [-0.1, -0.05) is 23.7 Å².